The second-order valence-electron chi connectivity index (χ2n) is 3.22. The third kappa shape index (κ3) is 4.92. The first kappa shape index (κ1) is 14.1. The van der Waals surface area contributed by atoms with E-state index in [0.717, 1.165) is 6.92 Å². The average molecular weight is 240 g/mol. The molecule has 0 aromatic heterocycles. The van der Waals surface area contributed by atoms with E-state index >= 15 is 0 Å². The van der Waals surface area contributed by atoms with Gasteiger partial charge in [0.05, 0.1) is 11.6 Å². The Morgan fingerprint density at radius 3 is 2.00 bits per heavy atom. The minimum Gasteiger partial charge on any atom is -0.481 e. The second kappa shape index (κ2) is 5.25. The first-order chi connectivity index (χ1) is 6.66. The van der Waals surface area contributed by atoms with Gasteiger partial charge in [-0.2, -0.15) is 0 Å². The third-order valence-corrected chi connectivity index (χ3v) is 3.62. The predicted octanol–water partition coefficient (Wildman–Crippen LogP) is 0.118. The van der Waals surface area contributed by atoms with Gasteiger partial charge in [0.25, 0.3) is 0 Å². The molecule has 0 aliphatic heterocycles. The van der Waals surface area contributed by atoms with E-state index in [4.69, 9.17) is 20.0 Å². The number of carbonyl (C=O) groups is 2. The maximum Gasteiger partial charge on any atom is 0.329 e. The van der Waals surface area contributed by atoms with Crippen molar-refractivity contribution in [3.05, 3.63) is 0 Å². The first-order valence-corrected chi connectivity index (χ1v) is 5.84. The van der Waals surface area contributed by atoms with Crippen LogP contribution in [0, 0.1) is 5.92 Å². The van der Waals surface area contributed by atoms with Gasteiger partial charge in [-0.15, -0.1) is 0 Å². The SMILES string of the molecule is CC(C(=O)O)C(CCC(=O)O)P(=O)(O)O. The molecule has 2 unspecified atom stereocenters. The van der Waals surface area contributed by atoms with Crippen molar-refractivity contribution in [2.45, 2.75) is 25.4 Å². The zero-order chi connectivity index (χ0) is 12.2. The van der Waals surface area contributed by atoms with Gasteiger partial charge in [-0.3, -0.25) is 14.2 Å². The highest BCUT2D eigenvalue weighted by molar-refractivity contribution is 7.52. The van der Waals surface area contributed by atoms with Crippen molar-refractivity contribution in [3.63, 3.8) is 0 Å². The molecular formula is C7H13O7P. The molecule has 0 aliphatic rings. The number of hydrogen-bond donors (Lipinski definition) is 4. The molecular weight excluding hydrogens is 227 g/mol. The van der Waals surface area contributed by atoms with Crippen LogP contribution in [0.3, 0.4) is 0 Å². The summed E-state index contributed by atoms with van der Waals surface area (Å²) in [6.45, 7) is 1.15. The fourth-order valence-electron chi connectivity index (χ4n) is 1.15. The Hall–Kier alpha value is -0.910. The molecule has 0 bridgehead atoms. The molecule has 0 rings (SSSR count). The first-order valence-electron chi connectivity index (χ1n) is 4.16. The van der Waals surface area contributed by atoms with Gasteiger partial charge in [0.15, 0.2) is 0 Å². The van der Waals surface area contributed by atoms with Crippen LogP contribution in [0.25, 0.3) is 0 Å². The smallest absolute Gasteiger partial charge is 0.329 e. The summed E-state index contributed by atoms with van der Waals surface area (Å²) in [4.78, 5) is 38.5. The van der Waals surface area contributed by atoms with Crippen LogP contribution in [0.15, 0.2) is 0 Å². The van der Waals surface area contributed by atoms with Crippen molar-refractivity contribution in [1.29, 1.82) is 0 Å². The summed E-state index contributed by atoms with van der Waals surface area (Å²) < 4.78 is 10.9. The van der Waals surface area contributed by atoms with Crippen molar-refractivity contribution in [3.8, 4) is 0 Å². The summed E-state index contributed by atoms with van der Waals surface area (Å²) in [6, 6.07) is 0. The van der Waals surface area contributed by atoms with Gasteiger partial charge in [-0.05, 0) is 6.42 Å². The minimum atomic E-state index is -4.59. The summed E-state index contributed by atoms with van der Waals surface area (Å²) in [6.07, 6.45) is -0.819. The van der Waals surface area contributed by atoms with Gasteiger partial charge in [0.2, 0.25) is 0 Å². The molecule has 7 nitrogen and oxygen atoms in total. The minimum absolute atomic E-state index is 0.354. The zero-order valence-corrected chi connectivity index (χ0v) is 8.92. The van der Waals surface area contributed by atoms with E-state index < -0.39 is 37.5 Å². The largest absolute Gasteiger partial charge is 0.481 e. The molecule has 15 heavy (non-hydrogen) atoms. The lowest BCUT2D eigenvalue weighted by Crippen LogP contribution is -2.26. The molecule has 0 aromatic rings. The lowest BCUT2D eigenvalue weighted by atomic mass is 10.0. The Morgan fingerprint density at radius 2 is 1.73 bits per heavy atom. The Bertz CT molecular complexity index is 294. The van der Waals surface area contributed by atoms with E-state index in [-0.39, 0.29) is 6.42 Å². The molecule has 0 aromatic carbocycles. The van der Waals surface area contributed by atoms with Gasteiger partial charge in [-0.1, -0.05) is 6.92 Å². The van der Waals surface area contributed by atoms with Crippen LogP contribution < -0.4 is 0 Å². The topological polar surface area (TPSA) is 132 Å². The molecule has 8 heteroatoms. The number of aliphatic carboxylic acids is 2. The molecule has 0 amide bonds. The fraction of sp³-hybridized carbons (Fsp3) is 0.714. The van der Waals surface area contributed by atoms with Crippen molar-refractivity contribution in [2.24, 2.45) is 5.92 Å². The Labute approximate surface area is 85.9 Å². The summed E-state index contributed by atoms with van der Waals surface area (Å²) in [7, 11) is -4.59. The van der Waals surface area contributed by atoms with Gasteiger partial charge in [-0.25, -0.2) is 0 Å². The summed E-state index contributed by atoms with van der Waals surface area (Å²) in [5, 5.41) is 16.9. The number of carboxylic acids is 2. The highest BCUT2D eigenvalue weighted by Crippen LogP contribution is 2.47. The van der Waals surface area contributed by atoms with E-state index in [1.54, 1.807) is 0 Å². The van der Waals surface area contributed by atoms with E-state index in [2.05, 4.69) is 0 Å². The van der Waals surface area contributed by atoms with Gasteiger partial charge >= 0.3 is 19.5 Å². The monoisotopic (exact) mass is 240 g/mol. The van der Waals surface area contributed by atoms with Crippen LogP contribution in [-0.2, 0) is 14.2 Å². The van der Waals surface area contributed by atoms with Gasteiger partial charge < -0.3 is 20.0 Å². The molecule has 0 saturated heterocycles. The maximum atomic E-state index is 10.9. The van der Waals surface area contributed by atoms with E-state index in [0.29, 0.717) is 0 Å². The standard InChI is InChI=1S/C7H13O7P/c1-4(7(10)11)5(15(12,13)14)2-3-6(8)9/h4-5H,2-3H2,1H3,(H,8,9)(H,10,11)(H2,12,13,14). The lowest BCUT2D eigenvalue weighted by molar-refractivity contribution is -0.142. The summed E-state index contributed by atoms with van der Waals surface area (Å²) in [5.74, 6) is -3.84. The van der Waals surface area contributed by atoms with Crippen molar-refractivity contribution in [2.75, 3.05) is 0 Å². The van der Waals surface area contributed by atoms with E-state index in [9.17, 15) is 14.2 Å². The average Bonchev–Trinajstić information content (AvgIpc) is 2.00. The molecule has 0 heterocycles. The van der Waals surface area contributed by atoms with Crippen LogP contribution in [-0.4, -0.2) is 37.6 Å². The van der Waals surface area contributed by atoms with Gasteiger partial charge in [0.1, 0.15) is 0 Å². The number of carboxylic acid groups (broad SMARTS) is 2. The Morgan fingerprint density at radius 1 is 1.27 bits per heavy atom. The highest BCUT2D eigenvalue weighted by Gasteiger charge is 2.37. The molecule has 0 spiro atoms. The molecule has 0 fully saturated rings. The van der Waals surface area contributed by atoms with Crippen LogP contribution in [0.5, 0.6) is 0 Å². The Kier molecular flexibility index (Phi) is 4.93. The summed E-state index contributed by atoms with van der Waals surface area (Å²) in [5.41, 5.74) is -1.45. The lowest BCUT2D eigenvalue weighted by Gasteiger charge is -2.20. The summed E-state index contributed by atoms with van der Waals surface area (Å²) >= 11 is 0. The van der Waals surface area contributed by atoms with Crippen LogP contribution in [0.2, 0.25) is 0 Å². The number of rotatable bonds is 6. The molecule has 88 valence electrons. The van der Waals surface area contributed by atoms with Crippen LogP contribution in [0.4, 0.5) is 0 Å². The third-order valence-electron chi connectivity index (χ3n) is 2.05. The molecule has 0 aliphatic carbocycles. The van der Waals surface area contributed by atoms with Gasteiger partial charge in [0, 0.05) is 6.42 Å². The molecule has 2 atom stereocenters. The second-order valence-corrected chi connectivity index (χ2v) is 5.06. The predicted molar refractivity (Wildman–Crippen MR) is 49.5 cm³/mol. The Balaban J connectivity index is 4.67. The quantitative estimate of drug-likeness (QED) is 0.484. The molecule has 0 radical (unpaired) electrons. The van der Waals surface area contributed by atoms with Crippen molar-refractivity contribution >= 4 is 19.5 Å². The number of hydrogen-bond acceptors (Lipinski definition) is 3. The van der Waals surface area contributed by atoms with E-state index in [1.165, 1.54) is 0 Å². The van der Waals surface area contributed by atoms with Crippen LogP contribution >= 0.6 is 7.60 Å². The fourth-order valence-corrected chi connectivity index (χ4v) is 2.32. The van der Waals surface area contributed by atoms with Crippen molar-refractivity contribution in [1.82, 2.24) is 0 Å². The van der Waals surface area contributed by atoms with E-state index in [1.807, 2.05) is 0 Å². The maximum absolute atomic E-state index is 10.9. The normalized spacial score (nSPS) is 15.7. The molecule has 4 N–H and O–H groups in total. The van der Waals surface area contributed by atoms with Crippen LogP contribution in [0.1, 0.15) is 19.8 Å². The zero-order valence-electron chi connectivity index (χ0n) is 8.03. The molecule has 0 saturated carbocycles. The van der Waals surface area contributed by atoms with Crippen molar-refractivity contribution < 1.29 is 34.2 Å². The highest BCUT2D eigenvalue weighted by atomic mass is 31.2.